The second kappa shape index (κ2) is 2.92. The lowest BCUT2D eigenvalue weighted by Gasteiger charge is -2.21. The van der Waals surface area contributed by atoms with E-state index in [0.717, 1.165) is 6.42 Å². The van der Waals surface area contributed by atoms with Crippen molar-refractivity contribution in [3.8, 4) is 0 Å². The summed E-state index contributed by atoms with van der Waals surface area (Å²) in [6, 6.07) is 0. The molecule has 1 aromatic heterocycles. The molecule has 0 spiro atoms. The average molecular weight is 164 g/mol. The third-order valence-corrected chi connectivity index (χ3v) is 2.79. The van der Waals surface area contributed by atoms with Gasteiger partial charge in [-0.2, -0.15) is 0 Å². The molecule has 2 heterocycles. The fourth-order valence-corrected chi connectivity index (χ4v) is 2.05. The van der Waals surface area contributed by atoms with Crippen LogP contribution in [0.15, 0.2) is 6.20 Å². The van der Waals surface area contributed by atoms with Crippen LogP contribution in [0.4, 0.5) is 0 Å². The van der Waals surface area contributed by atoms with E-state index < -0.39 is 0 Å². The Labute approximate surface area is 73.6 Å². The molecule has 0 bridgehead atoms. The predicted molar refractivity (Wildman–Crippen MR) is 49.3 cm³/mol. The highest BCUT2D eigenvalue weighted by Crippen LogP contribution is 2.26. The van der Waals surface area contributed by atoms with Crippen LogP contribution in [-0.2, 0) is 13.0 Å². The van der Waals surface area contributed by atoms with E-state index in [1.54, 1.807) is 0 Å². The number of aryl methyl sites for hydroxylation is 1. The zero-order chi connectivity index (χ0) is 8.55. The monoisotopic (exact) mass is 164 g/mol. The molecule has 1 unspecified atom stereocenters. The first-order chi connectivity index (χ1) is 5.83. The van der Waals surface area contributed by atoms with Crippen molar-refractivity contribution in [2.45, 2.75) is 45.6 Å². The minimum Gasteiger partial charge on any atom is -0.332 e. The molecule has 0 fully saturated rings. The quantitative estimate of drug-likeness (QED) is 0.623. The maximum absolute atomic E-state index is 4.47. The van der Waals surface area contributed by atoms with E-state index in [2.05, 4.69) is 23.4 Å². The first kappa shape index (κ1) is 7.84. The summed E-state index contributed by atoms with van der Waals surface area (Å²) in [5, 5.41) is 0. The van der Waals surface area contributed by atoms with Crippen LogP contribution in [0.5, 0.6) is 0 Å². The van der Waals surface area contributed by atoms with Gasteiger partial charge in [-0.3, -0.25) is 0 Å². The van der Waals surface area contributed by atoms with Crippen molar-refractivity contribution in [3.05, 3.63) is 17.7 Å². The van der Waals surface area contributed by atoms with Crippen LogP contribution in [-0.4, -0.2) is 9.55 Å². The third kappa shape index (κ3) is 1.06. The summed E-state index contributed by atoms with van der Waals surface area (Å²) < 4.78 is 2.40. The number of rotatable bonds is 1. The van der Waals surface area contributed by atoms with Crippen LogP contribution in [0, 0.1) is 0 Å². The molecule has 12 heavy (non-hydrogen) atoms. The number of hydrogen-bond acceptors (Lipinski definition) is 1. The Bertz CT molecular complexity index is 275. The van der Waals surface area contributed by atoms with Crippen molar-refractivity contribution in [1.29, 1.82) is 0 Å². The number of imidazole rings is 1. The van der Waals surface area contributed by atoms with Gasteiger partial charge in [-0.15, -0.1) is 0 Å². The minimum atomic E-state index is 0.666. The molecule has 0 N–H and O–H groups in total. The first-order valence-electron chi connectivity index (χ1n) is 4.87. The normalized spacial score (nSPS) is 22.3. The van der Waals surface area contributed by atoms with E-state index in [4.69, 9.17) is 0 Å². The van der Waals surface area contributed by atoms with Crippen molar-refractivity contribution >= 4 is 0 Å². The maximum Gasteiger partial charge on any atom is 0.111 e. The van der Waals surface area contributed by atoms with Crippen molar-refractivity contribution in [2.75, 3.05) is 0 Å². The van der Waals surface area contributed by atoms with Crippen molar-refractivity contribution < 1.29 is 0 Å². The lowest BCUT2D eigenvalue weighted by molar-refractivity contribution is 0.455. The molecule has 0 amide bonds. The van der Waals surface area contributed by atoms with E-state index in [0.29, 0.717) is 5.92 Å². The summed E-state index contributed by atoms with van der Waals surface area (Å²) in [7, 11) is 0. The van der Waals surface area contributed by atoms with Gasteiger partial charge >= 0.3 is 0 Å². The summed E-state index contributed by atoms with van der Waals surface area (Å²) in [5.74, 6) is 1.97. The highest BCUT2D eigenvalue weighted by atomic mass is 15.1. The van der Waals surface area contributed by atoms with E-state index in [9.17, 15) is 0 Å². The Hall–Kier alpha value is -0.790. The Morgan fingerprint density at radius 3 is 3.25 bits per heavy atom. The van der Waals surface area contributed by atoms with Gasteiger partial charge in [0.05, 0.1) is 0 Å². The number of nitrogens with zero attached hydrogens (tertiary/aromatic N) is 2. The van der Waals surface area contributed by atoms with Gasteiger partial charge in [0, 0.05) is 24.4 Å². The summed E-state index contributed by atoms with van der Waals surface area (Å²) in [6.07, 6.45) is 5.77. The lowest BCUT2D eigenvalue weighted by atomic mass is 10.0. The first-order valence-corrected chi connectivity index (χ1v) is 4.87. The van der Waals surface area contributed by atoms with E-state index in [1.165, 1.54) is 30.9 Å². The SMILES string of the molecule is CCc1cnc2n1CCCC2C. The molecule has 2 heteroatoms. The molecule has 0 saturated carbocycles. The number of aromatic nitrogens is 2. The molecular weight excluding hydrogens is 148 g/mol. The molecule has 0 aromatic carbocycles. The van der Waals surface area contributed by atoms with Crippen molar-refractivity contribution in [2.24, 2.45) is 0 Å². The van der Waals surface area contributed by atoms with Crippen molar-refractivity contribution in [1.82, 2.24) is 9.55 Å². The molecule has 66 valence electrons. The summed E-state index contributed by atoms with van der Waals surface area (Å²) in [5.41, 5.74) is 1.40. The zero-order valence-corrected chi connectivity index (χ0v) is 7.88. The molecule has 1 aliphatic heterocycles. The van der Waals surface area contributed by atoms with Crippen LogP contribution in [0.2, 0.25) is 0 Å². The predicted octanol–water partition coefficient (Wildman–Crippen LogP) is 2.34. The van der Waals surface area contributed by atoms with Crippen molar-refractivity contribution in [3.63, 3.8) is 0 Å². The molecule has 0 saturated heterocycles. The Morgan fingerprint density at radius 2 is 2.50 bits per heavy atom. The Kier molecular flexibility index (Phi) is 1.91. The molecule has 0 radical (unpaired) electrons. The molecule has 1 aromatic rings. The maximum atomic E-state index is 4.47. The molecule has 1 aliphatic rings. The van der Waals surface area contributed by atoms with Gasteiger partial charge < -0.3 is 4.57 Å². The van der Waals surface area contributed by atoms with E-state index in [-0.39, 0.29) is 0 Å². The second-order valence-electron chi connectivity index (χ2n) is 3.66. The summed E-state index contributed by atoms with van der Waals surface area (Å²) in [6.45, 7) is 5.66. The van der Waals surface area contributed by atoms with E-state index in [1.807, 2.05) is 6.20 Å². The summed E-state index contributed by atoms with van der Waals surface area (Å²) in [4.78, 5) is 4.47. The fraction of sp³-hybridized carbons (Fsp3) is 0.700. The van der Waals surface area contributed by atoms with Gasteiger partial charge in [0.15, 0.2) is 0 Å². The van der Waals surface area contributed by atoms with Gasteiger partial charge in [0.1, 0.15) is 5.82 Å². The fourth-order valence-electron chi connectivity index (χ4n) is 2.05. The third-order valence-electron chi connectivity index (χ3n) is 2.79. The van der Waals surface area contributed by atoms with E-state index >= 15 is 0 Å². The van der Waals surface area contributed by atoms with Crippen LogP contribution in [0.3, 0.4) is 0 Å². The largest absolute Gasteiger partial charge is 0.332 e. The molecule has 0 aliphatic carbocycles. The minimum absolute atomic E-state index is 0.666. The van der Waals surface area contributed by atoms with Crippen LogP contribution < -0.4 is 0 Å². The van der Waals surface area contributed by atoms with Crippen LogP contribution in [0.25, 0.3) is 0 Å². The smallest absolute Gasteiger partial charge is 0.111 e. The second-order valence-corrected chi connectivity index (χ2v) is 3.66. The highest BCUT2D eigenvalue weighted by molar-refractivity contribution is 5.10. The molecule has 2 nitrogen and oxygen atoms in total. The summed E-state index contributed by atoms with van der Waals surface area (Å²) >= 11 is 0. The zero-order valence-electron chi connectivity index (χ0n) is 7.88. The average Bonchev–Trinajstić information content (AvgIpc) is 2.49. The van der Waals surface area contributed by atoms with Crippen LogP contribution in [0.1, 0.15) is 44.1 Å². The molecular formula is C10H16N2. The lowest BCUT2D eigenvalue weighted by Crippen LogP contribution is -2.15. The Morgan fingerprint density at radius 1 is 1.67 bits per heavy atom. The standard InChI is InChI=1S/C10H16N2/c1-3-9-7-11-10-8(2)5-4-6-12(9)10/h7-8H,3-6H2,1-2H3. The number of fused-ring (bicyclic) bond motifs is 1. The van der Waals surface area contributed by atoms with Gasteiger partial charge in [-0.1, -0.05) is 13.8 Å². The molecule has 1 atom stereocenters. The van der Waals surface area contributed by atoms with Gasteiger partial charge in [-0.05, 0) is 19.3 Å². The van der Waals surface area contributed by atoms with Gasteiger partial charge in [0.2, 0.25) is 0 Å². The topological polar surface area (TPSA) is 17.8 Å². The Balaban J connectivity index is 2.41. The molecule has 2 rings (SSSR count). The highest BCUT2D eigenvalue weighted by Gasteiger charge is 2.18. The van der Waals surface area contributed by atoms with Gasteiger partial charge in [-0.25, -0.2) is 4.98 Å². The number of hydrogen-bond donors (Lipinski definition) is 0. The van der Waals surface area contributed by atoms with Crippen LogP contribution >= 0.6 is 0 Å². The van der Waals surface area contributed by atoms with Gasteiger partial charge in [0.25, 0.3) is 0 Å².